The summed E-state index contributed by atoms with van der Waals surface area (Å²) in [6.07, 6.45) is 0.981. The third-order valence-electron chi connectivity index (χ3n) is 5.66. The number of nitrogens with one attached hydrogen (secondary N) is 1. The van der Waals surface area contributed by atoms with E-state index in [4.69, 9.17) is 9.47 Å². The molecule has 5 rings (SSSR count). The third-order valence-corrected chi connectivity index (χ3v) is 6.54. The number of carbonyl (C=O) groups is 1. The first-order chi connectivity index (χ1) is 14.8. The van der Waals surface area contributed by atoms with Crippen LogP contribution in [0.15, 0.2) is 47.8 Å². The number of fused-ring (bicyclic) bond motifs is 2. The van der Waals surface area contributed by atoms with Crippen LogP contribution in [0.4, 0.5) is 11.4 Å². The molecule has 1 N–H and O–H groups in total. The molecule has 0 radical (unpaired) electrons. The molecule has 0 bridgehead atoms. The lowest BCUT2D eigenvalue weighted by atomic mass is 10.2. The van der Waals surface area contributed by atoms with E-state index >= 15 is 0 Å². The summed E-state index contributed by atoms with van der Waals surface area (Å²) >= 11 is 1.81. The SMILES string of the molecule is O=C1COc2cc(OCCCN3CCN(c4cccc5sccc45)CC3)ccc2N1. The topological polar surface area (TPSA) is 54.0 Å². The van der Waals surface area contributed by atoms with Gasteiger partial charge in [0.25, 0.3) is 5.91 Å². The molecule has 0 saturated carbocycles. The summed E-state index contributed by atoms with van der Waals surface area (Å²) in [5.41, 5.74) is 2.07. The molecule has 6 nitrogen and oxygen atoms in total. The highest BCUT2D eigenvalue weighted by molar-refractivity contribution is 7.17. The summed E-state index contributed by atoms with van der Waals surface area (Å²) in [4.78, 5) is 16.4. The van der Waals surface area contributed by atoms with Gasteiger partial charge in [0.15, 0.2) is 6.61 Å². The Morgan fingerprint density at radius 1 is 1.10 bits per heavy atom. The maximum absolute atomic E-state index is 11.3. The highest BCUT2D eigenvalue weighted by atomic mass is 32.1. The van der Waals surface area contributed by atoms with Gasteiger partial charge >= 0.3 is 0 Å². The molecule has 2 aromatic carbocycles. The number of anilines is 2. The number of hydrogen-bond acceptors (Lipinski definition) is 6. The fraction of sp³-hybridized carbons (Fsp3) is 0.348. The fourth-order valence-corrected chi connectivity index (χ4v) is 4.90. The van der Waals surface area contributed by atoms with Crippen LogP contribution in [-0.4, -0.2) is 56.7 Å². The molecule has 1 aromatic heterocycles. The van der Waals surface area contributed by atoms with Gasteiger partial charge in [0.05, 0.1) is 12.3 Å². The van der Waals surface area contributed by atoms with Gasteiger partial charge in [-0.2, -0.15) is 0 Å². The lowest BCUT2D eigenvalue weighted by Crippen LogP contribution is -2.46. The minimum absolute atomic E-state index is 0.0589. The molecule has 2 aliphatic rings. The Morgan fingerprint density at radius 2 is 2.00 bits per heavy atom. The molecular formula is C23H25N3O3S. The van der Waals surface area contributed by atoms with Gasteiger partial charge in [-0.15, -0.1) is 11.3 Å². The Balaban J connectivity index is 1.07. The predicted molar refractivity (Wildman–Crippen MR) is 121 cm³/mol. The van der Waals surface area contributed by atoms with Gasteiger partial charge in [-0.25, -0.2) is 0 Å². The first kappa shape index (κ1) is 19.2. The van der Waals surface area contributed by atoms with Crippen LogP contribution in [-0.2, 0) is 4.79 Å². The van der Waals surface area contributed by atoms with E-state index in [2.05, 4.69) is 44.8 Å². The number of ether oxygens (including phenoxy) is 2. The van der Waals surface area contributed by atoms with Crippen molar-refractivity contribution in [1.29, 1.82) is 0 Å². The average Bonchev–Trinajstić information content (AvgIpc) is 3.26. The monoisotopic (exact) mass is 423 g/mol. The Morgan fingerprint density at radius 3 is 2.90 bits per heavy atom. The molecule has 3 heterocycles. The maximum atomic E-state index is 11.3. The summed E-state index contributed by atoms with van der Waals surface area (Å²) in [5.74, 6) is 1.32. The van der Waals surface area contributed by atoms with Crippen LogP contribution in [0.25, 0.3) is 10.1 Å². The molecule has 1 amide bonds. The van der Waals surface area contributed by atoms with Crippen LogP contribution in [0.3, 0.4) is 0 Å². The molecule has 0 spiro atoms. The van der Waals surface area contributed by atoms with E-state index in [0.717, 1.165) is 44.9 Å². The summed E-state index contributed by atoms with van der Waals surface area (Å²) in [5, 5.41) is 6.34. The van der Waals surface area contributed by atoms with Crippen molar-refractivity contribution in [2.24, 2.45) is 0 Å². The normalized spacial score (nSPS) is 16.8. The second-order valence-electron chi connectivity index (χ2n) is 7.64. The van der Waals surface area contributed by atoms with Gasteiger partial charge in [0.2, 0.25) is 0 Å². The molecule has 156 valence electrons. The first-order valence-electron chi connectivity index (χ1n) is 10.4. The molecule has 0 aliphatic carbocycles. The van der Waals surface area contributed by atoms with Crippen LogP contribution in [0.2, 0.25) is 0 Å². The fourth-order valence-electron chi connectivity index (χ4n) is 4.09. The summed E-state index contributed by atoms with van der Waals surface area (Å²) < 4.78 is 12.7. The van der Waals surface area contributed by atoms with E-state index in [1.54, 1.807) is 0 Å². The molecule has 30 heavy (non-hydrogen) atoms. The molecule has 7 heteroatoms. The van der Waals surface area contributed by atoms with E-state index < -0.39 is 0 Å². The van der Waals surface area contributed by atoms with Crippen LogP contribution >= 0.6 is 11.3 Å². The van der Waals surface area contributed by atoms with Crippen LogP contribution in [0.5, 0.6) is 11.5 Å². The number of rotatable bonds is 6. The zero-order valence-corrected chi connectivity index (χ0v) is 17.6. The molecule has 0 unspecified atom stereocenters. The van der Waals surface area contributed by atoms with Gasteiger partial charge in [0.1, 0.15) is 11.5 Å². The van der Waals surface area contributed by atoms with Crippen LogP contribution < -0.4 is 19.7 Å². The highest BCUT2D eigenvalue weighted by Crippen LogP contribution is 2.32. The number of nitrogens with zero attached hydrogens (tertiary/aromatic N) is 2. The summed E-state index contributed by atoms with van der Waals surface area (Å²) in [7, 11) is 0. The number of thiophene rings is 1. The van der Waals surface area contributed by atoms with Crippen LogP contribution in [0, 0.1) is 0 Å². The summed E-state index contributed by atoms with van der Waals surface area (Å²) in [6, 6.07) is 14.4. The molecule has 1 fully saturated rings. The van der Waals surface area contributed by atoms with E-state index in [0.29, 0.717) is 18.0 Å². The second-order valence-corrected chi connectivity index (χ2v) is 8.58. The van der Waals surface area contributed by atoms with Gasteiger partial charge in [0, 0.05) is 54.6 Å². The number of hydrogen-bond donors (Lipinski definition) is 1. The van der Waals surface area contributed by atoms with Crippen LogP contribution in [0.1, 0.15) is 6.42 Å². The Labute approximate surface area is 180 Å². The van der Waals surface area contributed by atoms with Crippen molar-refractivity contribution in [3.8, 4) is 11.5 Å². The third kappa shape index (κ3) is 4.08. The van der Waals surface area contributed by atoms with Gasteiger partial charge in [-0.1, -0.05) is 6.07 Å². The molecule has 1 saturated heterocycles. The molecule has 0 atom stereocenters. The van der Waals surface area contributed by atoms with E-state index in [1.807, 2.05) is 29.5 Å². The van der Waals surface area contributed by atoms with Crippen molar-refractivity contribution in [3.05, 3.63) is 47.8 Å². The summed E-state index contributed by atoms with van der Waals surface area (Å²) in [6.45, 7) is 6.03. The Kier molecular flexibility index (Phi) is 5.46. The minimum atomic E-state index is -0.122. The van der Waals surface area contributed by atoms with Crippen molar-refractivity contribution < 1.29 is 14.3 Å². The number of piperazine rings is 1. The predicted octanol–water partition coefficient (Wildman–Crippen LogP) is 3.82. The Bertz CT molecular complexity index is 1040. The molecule has 2 aliphatic heterocycles. The second kappa shape index (κ2) is 8.53. The number of amides is 1. The Hall–Kier alpha value is -2.77. The number of carbonyl (C=O) groups excluding carboxylic acids is 1. The van der Waals surface area contributed by atoms with Gasteiger partial charge < -0.3 is 19.7 Å². The largest absolute Gasteiger partial charge is 0.493 e. The van der Waals surface area contributed by atoms with Crippen molar-refractivity contribution in [2.45, 2.75) is 6.42 Å². The van der Waals surface area contributed by atoms with E-state index in [9.17, 15) is 4.79 Å². The quantitative estimate of drug-likeness (QED) is 0.611. The first-order valence-corrected chi connectivity index (χ1v) is 11.3. The minimum Gasteiger partial charge on any atom is -0.493 e. The van der Waals surface area contributed by atoms with E-state index in [-0.39, 0.29) is 12.5 Å². The van der Waals surface area contributed by atoms with Crippen molar-refractivity contribution in [1.82, 2.24) is 4.90 Å². The zero-order valence-electron chi connectivity index (χ0n) is 16.8. The van der Waals surface area contributed by atoms with Crippen molar-refractivity contribution >= 4 is 38.7 Å². The zero-order chi connectivity index (χ0) is 20.3. The van der Waals surface area contributed by atoms with Gasteiger partial charge in [-0.3, -0.25) is 9.69 Å². The highest BCUT2D eigenvalue weighted by Gasteiger charge is 2.19. The van der Waals surface area contributed by atoms with E-state index in [1.165, 1.54) is 15.8 Å². The lowest BCUT2D eigenvalue weighted by molar-refractivity contribution is -0.118. The number of benzene rings is 2. The maximum Gasteiger partial charge on any atom is 0.262 e. The smallest absolute Gasteiger partial charge is 0.262 e. The average molecular weight is 424 g/mol. The van der Waals surface area contributed by atoms with Crippen molar-refractivity contribution in [2.75, 3.05) is 56.2 Å². The molecular weight excluding hydrogens is 398 g/mol. The van der Waals surface area contributed by atoms with Gasteiger partial charge in [-0.05, 0) is 42.1 Å². The lowest BCUT2D eigenvalue weighted by Gasteiger charge is -2.36. The standard InChI is InChI=1S/C23H25N3O3S/c27-23-16-29-21-15-17(5-6-19(21)24-23)28-13-2-8-25-9-11-26(12-10-25)20-3-1-4-22-18(20)7-14-30-22/h1,3-7,14-15H,2,8-13,16H2,(H,24,27). The molecule has 3 aromatic rings. The van der Waals surface area contributed by atoms with Crippen molar-refractivity contribution in [3.63, 3.8) is 0 Å².